The second-order valence-electron chi connectivity index (χ2n) is 2.62. The molecule has 1 aliphatic rings. The molecular weight excluding hydrogens is 160 g/mol. The highest BCUT2D eigenvalue weighted by atomic mass is 16.1. The van der Waals surface area contributed by atoms with Crippen molar-refractivity contribution in [2.75, 3.05) is 7.05 Å². The van der Waals surface area contributed by atoms with E-state index in [-0.39, 0.29) is 0 Å². The van der Waals surface area contributed by atoms with E-state index < -0.39 is 18.2 Å². The van der Waals surface area contributed by atoms with E-state index in [1.165, 1.54) is 4.90 Å². The van der Waals surface area contributed by atoms with Crippen molar-refractivity contribution in [2.45, 2.75) is 18.2 Å². The van der Waals surface area contributed by atoms with Crippen molar-refractivity contribution in [3.05, 3.63) is 0 Å². The predicted octanol–water partition coefficient (Wildman–Crippen LogP) is -1.80. The third-order valence-electron chi connectivity index (χ3n) is 1.96. The lowest BCUT2D eigenvalue weighted by atomic mass is 10.2. The van der Waals surface area contributed by atoms with Crippen LogP contribution >= 0.6 is 0 Å². The van der Waals surface area contributed by atoms with Gasteiger partial charge in [-0.1, -0.05) is 0 Å². The van der Waals surface area contributed by atoms with Gasteiger partial charge in [-0.3, -0.25) is 4.90 Å². The molecule has 1 radical (unpaired) electrons. The molecule has 0 aromatic rings. The zero-order valence-corrected chi connectivity index (χ0v) is 6.58. The number of hydrogen-bond donors (Lipinski definition) is 0. The summed E-state index contributed by atoms with van der Waals surface area (Å²) in [4.78, 5) is 32.7. The molecule has 1 aliphatic heterocycles. The summed E-state index contributed by atoms with van der Waals surface area (Å²) in [6, 6.07) is -1.28. The minimum absolute atomic E-state index is 0.582. The van der Waals surface area contributed by atoms with Crippen molar-refractivity contribution in [1.29, 1.82) is 0 Å². The molecule has 0 aromatic heterocycles. The molecule has 0 amide bonds. The fraction of sp³-hybridized carbons (Fsp3) is 0.571. The van der Waals surface area contributed by atoms with Crippen LogP contribution in [-0.4, -0.2) is 49.1 Å². The van der Waals surface area contributed by atoms with Gasteiger partial charge in [0.05, 0.1) is 6.04 Å². The molecule has 65 valence electrons. The molecule has 0 saturated carbocycles. The van der Waals surface area contributed by atoms with Gasteiger partial charge < -0.3 is 14.4 Å². The van der Waals surface area contributed by atoms with Crippen molar-refractivity contribution in [1.82, 2.24) is 10.2 Å². The largest absolute Gasteiger partial charge is 0.302 e. The van der Waals surface area contributed by atoms with Crippen molar-refractivity contribution < 1.29 is 14.4 Å². The Labute approximate surface area is 69.7 Å². The Kier molecular flexibility index (Phi) is 2.67. The first-order valence-corrected chi connectivity index (χ1v) is 3.52. The summed E-state index contributed by atoms with van der Waals surface area (Å²) < 4.78 is 0. The Hall–Kier alpha value is -1.07. The number of hydrogen-bond acceptors (Lipinski definition) is 4. The molecule has 1 saturated heterocycles. The maximum Gasteiger partial charge on any atom is 0.153 e. The topological polar surface area (TPSA) is 68.6 Å². The first kappa shape index (κ1) is 9.02. The summed E-state index contributed by atoms with van der Waals surface area (Å²) in [6.07, 6.45) is 1.17. The van der Waals surface area contributed by atoms with Crippen molar-refractivity contribution in [3.63, 3.8) is 0 Å². The van der Waals surface area contributed by atoms with Crippen LogP contribution in [0.5, 0.6) is 0 Å². The van der Waals surface area contributed by atoms with E-state index in [9.17, 15) is 14.4 Å². The molecule has 3 atom stereocenters. The summed E-state index contributed by atoms with van der Waals surface area (Å²) in [5.74, 6) is 0. The lowest BCUT2D eigenvalue weighted by molar-refractivity contribution is -0.116. The first-order chi connectivity index (χ1) is 5.74. The zero-order chi connectivity index (χ0) is 9.14. The highest BCUT2D eigenvalue weighted by molar-refractivity contribution is 5.74. The molecule has 5 heteroatoms. The Bertz CT molecular complexity index is 207. The van der Waals surface area contributed by atoms with Crippen LogP contribution < -0.4 is 5.32 Å². The van der Waals surface area contributed by atoms with E-state index in [4.69, 9.17) is 0 Å². The van der Waals surface area contributed by atoms with Gasteiger partial charge in [-0.2, -0.15) is 0 Å². The molecule has 0 bridgehead atoms. The summed E-state index contributed by atoms with van der Waals surface area (Å²) in [7, 11) is 1.59. The molecule has 5 nitrogen and oxygen atoms in total. The molecule has 0 N–H and O–H groups in total. The second-order valence-corrected chi connectivity index (χ2v) is 2.62. The van der Waals surface area contributed by atoms with Crippen LogP contribution in [0.15, 0.2) is 0 Å². The SMILES string of the molecule is CN1C(C=O)[N]C(C=O)C1C=O. The predicted molar refractivity (Wildman–Crippen MR) is 39.5 cm³/mol. The monoisotopic (exact) mass is 169 g/mol. The standard InChI is InChI=1S/C7H9N2O3/c1-9-6(3-11)5(2-10)8-7(9)4-12/h2-7H,1H3. The molecule has 1 rings (SSSR count). The Morgan fingerprint density at radius 3 is 2.17 bits per heavy atom. The number of carbonyl (C=O) groups excluding carboxylic acids is 3. The van der Waals surface area contributed by atoms with E-state index in [0.29, 0.717) is 18.9 Å². The average molecular weight is 169 g/mol. The summed E-state index contributed by atoms with van der Waals surface area (Å²) in [6.45, 7) is 0. The number of carbonyl (C=O) groups is 3. The molecule has 1 heterocycles. The minimum Gasteiger partial charge on any atom is -0.302 e. The van der Waals surface area contributed by atoms with Crippen LogP contribution in [-0.2, 0) is 14.4 Å². The van der Waals surface area contributed by atoms with Crippen molar-refractivity contribution in [3.8, 4) is 0 Å². The van der Waals surface area contributed by atoms with Crippen LogP contribution in [0.1, 0.15) is 0 Å². The summed E-state index contributed by atoms with van der Waals surface area (Å²) in [5, 5.41) is 3.82. The van der Waals surface area contributed by atoms with Gasteiger partial charge in [-0.15, -0.1) is 0 Å². The molecular formula is C7H9N2O3. The van der Waals surface area contributed by atoms with Gasteiger partial charge in [0.1, 0.15) is 24.8 Å². The van der Waals surface area contributed by atoms with Gasteiger partial charge in [0, 0.05) is 0 Å². The summed E-state index contributed by atoms with van der Waals surface area (Å²) >= 11 is 0. The average Bonchev–Trinajstić information content (AvgIpc) is 2.41. The maximum atomic E-state index is 10.5. The van der Waals surface area contributed by atoms with Crippen LogP contribution in [0.2, 0.25) is 0 Å². The third kappa shape index (κ3) is 1.28. The fourth-order valence-corrected chi connectivity index (χ4v) is 1.21. The van der Waals surface area contributed by atoms with E-state index in [0.717, 1.165) is 0 Å². The highest BCUT2D eigenvalue weighted by Gasteiger charge is 2.39. The lowest BCUT2D eigenvalue weighted by Gasteiger charge is -2.15. The number of rotatable bonds is 3. The maximum absolute atomic E-state index is 10.5. The summed E-state index contributed by atoms with van der Waals surface area (Å²) in [5.41, 5.74) is 0. The van der Waals surface area contributed by atoms with Gasteiger partial charge in [0.25, 0.3) is 0 Å². The van der Waals surface area contributed by atoms with Crippen molar-refractivity contribution in [2.24, 2.45) is 0 Å². The van der Waals surface area contributed by atoms with Gasteiger partial charge in [-0.05, 0) is 7.05 Å². The molecule has 3 unspecified atom stereocenters. The molecule has 0 aliphatic carbocycles. The smallest absolute Gasteiger partial charge is 0.153 e. The number of nitrogens with zero attached hydrogens (tertiary/aromatic N) is 2. The van der Waals surface area contributed by atoms with Gasteiger partial charge in [0.15, 0.2) is 6.29 Å². The Morgan fingerprint density at radius 2 is 1.83 bits per heavy atom. The first-order valence-electron chi connectivity index (χ1n) is 3.52. The van der Waals surface area contributed by atoms with Crippen LogP contribution in [0.25, 0.3) is 0 Å². The van der Waals surface area contributed by atoms with Gasteiger partial charge in [0.2, 0.25) is 0 Å². The third-order valence-corrected chi connectivity index (χ3v) is 1.96. The van der Waals surface area contributed by atoms with E-state index >= 15 is 0 Å². The Morgan fingerprint density at radius 1 is 1.17 bits per heavy atom. The van der Waals surface area contributed by atoms with Crippen LogP contribution in [0.3, 0.4) is 0 Å². The quantitative estimate of drug-likeness (QED) is 0.467. The molecule has 12 heavy (non-hydrogen) atoms. The lowest BCUT2D eigenvalue weighted by Crippen LogP contribution is -2.37. The highest BCUT2D eigenvalue weighted by Crippen LogP contribution is 2.12. The van der Waals surface area contributed by atoms with E-state index in [1.54, 1.807) is 7.05 Å². The zero-order valence-electron chi connectivity index (χ0n) is 6.58. The van der Waals surface area contributed by atoms with Gasteiger partial charge in [-0.25, -0.2) is 5.32 Å². The van der Waals surface area contributed by atoms with Crippen molar-refractivity contribution >= 4 is 18.9 Å². The van der Waals surface area contributed by atoms with Crippen LogP contribution in [0, 0.1) is 0 Å². The second kappa shape index (κ2) is 3.55. The number of aldehydes is 3. The fourth-order valence-electron chi connectivity index (χ4n) is 1.21. The van der Waals surface area contributed by atoms with E-state index in [1.807, 2.05) is 0 Å². The molecule has 1 fully saturated rings. The minimum atomic E-state index is -0.692. The molecule has 0 aromatic carbocycles. The van der Waals surface area contributed by atoms with E-state index in [2.05, 4.69) is 5.32 Å². The number of likely N-dealkylation sites (N-methyl/N-ethyl adjacent to an activating group) is 1. The molecule has 0 spiro atoms. The Balaban J connectivity index is 2.77. The normalized spacial score (nSPS) is 36.2. The van der Waals surface area contributed by atoms with Gasteiger partial charge >= 0.3 is 0 Å². The van der Waals surface area contributed by atoms with Crippen LogP contribution in [0.4, 0.5) is 0 Å².